The summed E-state index contributed by atoms with van der Waals surface area (Å²) >= 11 is 0. The predicted octanol–water partition coefficient (Wildman–Crippen LogP) is 4.12. The molecule has 1 N–H and O–H groups in total. The van der Waals surface area contributed by atoms with Crippen LogP contribution < -0.4 is 15.3 Å². The van der Waals surface area contributed by atoms with Crippen molar-refractivity contribution in [3.8, 4) is 11.3 Å². The average Bonchev–Trinajstić information content (AvgIpc) is 2.86. The van der Waals surface area contributed by atoms with Gasteiger partial charge in [0.2, 0.25) is 5.91 Å². The van der Waals surface area contributed by atoms with Crippen molar-refractivity contribution in [1.29, 1.82) is 0 Å². The van der Waals surface area contributed by atoms with Crippen LogP contribution >= 0.6 is 0 Å². The molecule has 2 aromatic heterocycles. The lowest BCUT2D eigenvalue weighted by atomic mass is 9.89. The molecule has 7 nitrogen and oxygen atoms in total. The summed E-state index contributed by atoms with van der Waals surface area (Å²) in [4.78, 5) is 24.8. The lowest BCUT2D eigenvalue weighted by Gasteiger charge is -2.39. The molecule has 2 fully saturated rings. The Morgan fingerprint density at radius 1 is 1.03 bits per heavy atom. The van der Waals surface area contributed by atoms with Gasteiger partial charge in [-0.25, -0.2) is 10.4 Å². The zero-order chi connectivity index (χ0) is 22.6. The molecule has 33 heavy (non-hydrogen) atoms. The maximum absolute atomic E-state index is 13.4. The highest BCUT2D eigenvalue weighted by molar-refractivity contribution is 6.02. The van der Waals surface area contributed by atoms with Gasteiger partial charge in [0, 0.05) is 43.8 Å². The molecule has 7 heteroatoms. The number of ether oxygens (including phenoxy) is 1. The first-order chi connectivity index (χ1) is 16.2. The summed E-state index contributed by atoms with van der Waals surface area (Å²) in [7, 11) is 0. The van der Waals surface area contributed by atoms with Gasteiger partial charge in [0.15, 0.2) is 5.82 Å². The van der Waals surface area contributed by atoms with Crippen LogP contribution in [0.5, 0.6) is 0 Å². The normalized spacial score (nSPS) is 20.2. The number of rotatable bonds is 6. The second-order valence-electron chi connectivity index (χ2n) is 9.74. The van der Waals surface area contributed by atoms with Gasteiger partial charge in [-0.05, 0) is 68.7 Å². The Balaban J connectivity index is 1.42. The molecule has 2 aromatic rings. The minimum atomic E-state index is 0.124. The van der Waals surface area contributed by atoms with E-state index in [1.807, 2.05) is 41.2 Å². The number of amides is 1. The molecule has 1 aliphatic carbocycles. The highest BCUT2D eigenvalue weighted by atomic mass is 16.5. The van der Waals surface area contributed by atoms with Gasteiger partial charge in [-0.2, -0.15) is 0 Å². The summed E-state index contributed by atoms with van der Waals surface area (Å²) in [5.41, 5.74) is 7.34. The van der Waals surface area contributed by atoms with Crippen molar-refractivity contribution in [2.75, 3.05) is 42.8 Å². The fraction of sp³-hybridized carbons (Fsp3) is 0.577. The number of carbonyl (C=O) groups is 1. The van der Waals surface area contributed by atoms with Crippen molar-refractivity contribution in [1.82, 2.24) is 15.4 Å². The van der Waals surface area contributed by atoms with Crippen LogP contribution in [0.2, 0.25) is 0 Å². The number of anilines is 2. The van der Waals surface area contributed by atoms with Crippen LogP contribution in [-0.4, -0.2) is 48.7 Å². The zero-order valence-corrected chi connectivity index (χ0v) is 19.6. The molecule has 0 aromatic carbocycles. The first kappa shape index (κ1) is 22.3. The fourth-order valence-corrected chi connectivity index (χ4v) is 5.20. The van der Waals surface area contributed by atoms with E-state index >= 15 is 0 Å². The summed E-state index contributed by atoms with van der Waals surface area (Å²) in [5, 5.41) is 2.01. The zero-order valence-electron chi connectivity index (χ0n) is 19.6. The molecule has 1 amide bonds. The molecule has 1 saturated carbocycles. The van der Waals surface area contributed by atoms with Gasteiger partial charge in [-0.15, -0.1) is 0 Å². The molecule has 1 saturated heterocycles. The number of carbonyl (C=O) groups excluding carboxylic acids is 1. The molecule has 176 valence electrons. The Morgan fingerprint density at radius 2 is 1.85 bits per heavy atom. The van der Waals surface area contributed by atoms with Crippen LogP contribution in [0.25, 0.3) is 11.3 Å². The lowest BCUT2D eigenvalue weighted by molar-refractivity contribution is -0.118. The molecular weight excluding hydrogens is 414 g/mol. The quantitative estimate of drug-likeness (QED) is 0.716. The van der Waals surface area contributed by atoms with E-state index in [4.69, 9.17) is 9.72 Å². The van der Waals surface area contributed by atoms with Gasteiger partial charge in [0.1, 0.15) is 6.54 Å². The van der Waals surface area contributed by atoms with Crippen molar-refractivity contribution in [2.45, 2.75) is 51.9 Å². The Hall–Kier alpha value is -2.51. The summed E-state index contributed by atoms with van der Waals surface area (Å²) in [6, 6.07) is 8.20. The Labute approximate surface area is 196 Å². The Kier molecular flexibility index (Phi) is 6.88. The maximum atomic E-state index is 13.4. The largest absolute Gasteiger partial charge is 0.381 e. The summed E-state index contributed by atoms with van der Waals surface area (Å²) in [5.74, 6) is 2.03. The topological polar surface area (TPSA) is 70.6 Å². The van der Waals surface area contributed by atoms with Crippen LogP contribution in [0.3, 0.4) is 0 Å². The van der Waals surface area contributed by atoms with Crippen molar-refractivity contribution >= 4 is 17.4 Å². The highest BCUT2D eigenvalue weighted by Crippen LogP contribution is 2.35. The molecule has 5 rings (SSSR count). The minimum absolute atomic E-state index is 0.124. The molecule has 3 aliphatic rings. The Bertz CT molecular complexity index is 952. The van der Waals surface area contributed by atoms with Gasteiger partial charge in [0.05, 0.1) is 11.4 Å². The van der Waals surface area contributed by atoms with E-state index in [1.165, 1.54) is 32.1 Å². The average molecular weight is 450 g/mol. The second kappa shape index (κ2) is 10.2. The van der Waals surface area contributed by atoms with E-state index in [9.17, 15) is 4.79 Å². The fourth-order valence-electron chi connectivity index (χ4n) is 5.20. The van der Waals surface area contributed by atoms with Crippen LogP contribution in [0, 0.1) is 18.8 Å². The summed E-state index contributed by atoms with van der Waals surface area (Å²) in [6.07, 6.45) is 10.2. The number of hydrazine groups is 1. The molecular formula is C26H35N5O2. The van der Waals surface area contributed by atoms with E-state index in [0.717, 1.165) is 67.6 Å². The predicted molar refractivity (Wildman–Crippen MR) is 130 cm³/mol. The number of fused-ring (bicyclic) bond motifs is 1. The van der Waals surface area contributed by atoms with Gasteiger partial charge < -0.3 is 4.74 Å². The van der Waals surface area contributed by atoms with Gasteiger partial charge in [-0.1, -0.05) is 19.3 Å². The number of nitrogens with one attached hydrogen (secondary N) is 1. The number of aromatic nitrogens is 2. The first-order valence-electron chi connectivity index (χ1n) is 12.5. The lowest BCUT2D eigenvalue weighted by Crippen LogP contribution is -2.53. The van der Waals surface area contributed by atoms with Gasteiger partial charge in [0.25, 0.3) is 0 Å². The van der Waals surface area contributed by atoms with Crippen molar-refractivity contribution in [2.24, 2.45) is 11.8 Å². The number of hydrogen-bond donors (Lipinski definition) is 1. The number of pyridine rings is 2. The monoisotopic (exact) mass is 449 g/mol. The summed E-state index contributed by atoms with van der Waals surface area (Å²) in [6.45, 7) is 5.59. The smallest absolute Gasteiger partial charge is 0.249 e. The van der Waals surface area contributed by atoms with E-state index in [-0.39, 0.29) is 5.91 Å². The van der Waals surface area contributed by atoms with Gasteiger partial charge >= 0.3 is 0 Å². The molecule has 0 atom stereocenters. The van der Waals surface area contributed by atoms with Crippen molar-refractivity contribution in [3.63, 3.8) is 0 Å². The maximum Gasteiger partial charge on any atom is 0.249 e. The van der Waals surface area contributed by atoms with E-state index in [2.05, 4.69) is 16.5 Å². The first-order valence-corrected chi connectivity index (χ1v) is 12.5. The highest BCUT2D eigenvalue weighted by Gasteiger charge is 2.33. The molecule has 4 heterocycles. The van der Waals surface area contributed by atoms with Crippen LogP contribution in [-0.2, 0) is 9.53 Å². The molecule has 0 unspecified atom stereocenters. The third kappa shape index (κ3) is 5.20. The Morgan fingerprint density at radius 3 is 2.61 bits per heavy atom. The second-order valence-corrected chi connectivity index (χ2v) is 9.74. The number of nitrogens with zero attached hydrogens (tertiary/aromatic N) is 4. The van der Waals surface area contributed by atoms with Crippen LogP contribution in [0.1, 0.15) is 50.6 Å². The minimum Gasteiger partial charge on any atom is -0.381 e. The number of aryl methyl sites for hydroxylation is 1. The summed E-state index contributed by atoms with van der Waals surface area (Å²) < 4.78 is 5.50. The van der Waals surface area contributed by atoms with Crippen molar-refractivity contribution < 1.29 is 9.53 Å². The van der Waals surface area contributed by atoms with E-state index in [0.29, 0.717) is 18.4 Å². The molecule has 0 bridgehead atoms. The van der Waals surface area contributed by atoms with Crippen LogP contribution in [0.15, 0.2) is 30.5 Å². The van der Waals surface area contributed by atoms with Crippen molar-refractivity contribution in [3.05, 3.63) is 36.2 Å². The van der Waals surface area contributed by atoms with Crippen LogP contribution in [0.4, 0.5) is 11.5 Å². The SMILES string of the molecule is Cc1ccc(-c2ccc3c(n2)N(CC2CCCCC2)C(=O)CN3NCC2CCOCC2)cn1. The van der Waals surface area contributed by atoms with E-state index < -0.39 is 0 Å². The molecule has 0 spiro atoms. The third-order valence-corrected chi connectivity index (χ3v) is 7.28. The molecule has 2 aliphatic heterocycles. The van der Waals surface area contributed by atoms with E-state index in [1.54, 1.807) is 0 Å². The standard InChI is InChI=1S/C26H35N5O2/c1-19-7-8-22(16-27-19)23-9-10-24-26(29-23)30(17-21-5-3-2-4-6-21)25(32)18-31(24)28-15-20-11-13-33-14-12-20/h7-10,16,20-21,28H,2-6,11-15,17-18H2,1H3. The molecule has 0 radical (unpaired) electrons. The third-order valence-electron chi connectivity index (χ3n) is 7.28. The van der Waals surface area contributed by atoms with Gasteiger partial charge in [-0.3, -0.25) is 19.7 Å². The number of hydrogen-bond acceptors (Lipinski definition) is 6.